The minimum Gasteiger partial charge on any atom is -0.469 e. The molecule has 0 aliphatic carbocycles. The molecule has 0 saturated carbocycles. The lowest BCUT2D eigenvalue weighted by atomic mass is 10.1. The molecule has 0 radical (unpaired) electrons. The third kappa shape index (κ3) is 6.37. The summed E-state index contributed by atoms with van der Waals surface area (Å²) < 4.78 is 7.48. The molecular formula is C23H30N6OS. The van der Waals surface area contributed by atoms with Gasteiger partial charge in [-0.25, -0.2) is 9.67 Å². The van der Waals surface area contributed by atoms with E-state index in [1.807, 2.05) is 34.6 Å². The zero-order valence-corrected chi connectivity index (χ0v) is 18.8. The van der Waals surface area contributed by atoms with E-state index < -0.39 is 0 Å². The molecule has 7 nitrogen and oxygen atoms in total. The summed E-state index contributed by atoms with van der Waals surface area (Å²) in [5.74, 6) is 4.81. The molecule has 2 N–H and O–H groups in total. The van der Waals surface area contributed by atoms with Gasteiger partial charge in [-0.3, -0.25) is 4.99 Å². The normalized spacial score (nSPS) is 16.2. The summed E-state index contributed by atoms with van der Waals surface area (Å²) >= 11 is 1.84. The first-order valence-electron chi connectivity index (χ1n) is 11.0. The van der Waals surface area contributed by atoms with Gasteiger partial charge >= 0.3 is 0 Å². The number of hydrogen-bond acceptors (Lipinski definition) is 5. The van der Waals surface area contributed by atoms with Gasteiger partial charge in [0, 0.05) is 49.0 Å². The number of aromatic nitrogens is 3. The van der Waals surface area contributed by atoms with Crippen LogP contribution in [0.1, 0.15) is 30.8 Å². The van der Waals surface area contributed by atoms with Gasteiger partial charge < -0.3 is 15.1 Å². The topological polar surface area (TPSA) is 80.3 Å². The van der Waals surface area contributed by atoms with Gasteiger partial charge in [-0.2, -0.15) is 5.10 Å². The summed E-state index contributed by atoms with van der Waals surface area (Å²) in [6.07, 6.45) is 5.34. The lowest BCUT2D eigenvalue weighted by molar-refractivity contribution is 0.392. The Hall–Kier alpha value is -2.74. The predicted octanol–water partition coefficient (Wildman–Crippen LogP) is 3.32. The van der Waals surface area contributed by atoms with E-state index in [0.717, 1.165) is 67.9 Å². The predicted molar refractivity (Wildman–Crippen MR) is 125 cm³/mol. The highest BCUT2D eigenvalue weighted by atomic mass is 32.2. The van der Waals surface area contributed by atoms with Crippen molar-refractivity contribution in [2.75, 3.05) is 18.8 Å². The molecule has 2 aromatic heterocycles. The van der Waals surface area contributed by atoms with Crippen LogP contribution < -0.4 is 10.6 Å². The second-order valence-electron chi connectivity index (χ2n) is 7.51. The smallest absolute Gasteiger partial charge is 0.191 e. The van der Waals surface area contributed by atoms with E-state index >= 15 is 0 Å². The lowest BCUT2D eigenvalue weighted by Crippen LogP contribution is -2.47. The van der Waals surface area contributed by atoms with Crippen LogP contribution in [0, 0.1) is 0 Å². The van der Waals surface area contributed by atoms with Crippen LogP contribution in [0.25, 0.3) is 0 Å². The van der Waals surface area contributed by atoms with Crippen molar-refractivity contribution in [2.45, 2.75) is 50.1 Å². The first kappa shape index (κ1) is 21.5. The van der Waals surface area contributed by atoms with E-state index in [2.05, 4.69) is 51.9 Å². The van der Waals surface area contributed by atoms with E-state index in [1.54, 1.807) is 6.26 Å². The Morgan fingerprint density at radius 2 is 2.16 bits per heavy atom. The van der Waals surface area contributed by atoms with Crippen molar-refractivity contribution in [3.63, 3.8) is 0 Å². The van der Waals surface area contributed by atoms with Gasteiger partial charge in [-0.1, -0.05) is 25.1 Å². The number of nitrogens with one attached hydrogen (secondary N) is 2. The highest BCUT2D eigenvalue weighted by Gasteiger charge is 2.22. The standard InChI is InChI=1S/C23H30N6OS/c1-2-21-27-22-11-10-18(17-29(22)28-21)26-23(24-13-12-19-7-6-15-30-19)25-14-16-31-20-8-4-3-5-9-20/h3-9,15,18H,2,10-14,16-17H2,1H3,(H2,24,25,26). The molecule has 164 valence electrons. The van der Waals surface area contributed by atoms with Crippen LogP contribution in [-0.4, -0.2) is 45.6 Å². The van der Waals surface area contributed by atoms with Gasteiger partial charge in [0.15, 0.2) is 11.8 Å². The Kier molecular flexibility index (Phi) is 7.65. The van der Waals surface area contributed by atoms with E-state index in [4.69, 9.17) is 9.41 Å². The van der Waals surface area contributed by atoms with Crippen molar-refractivity contribution >= 4 is 17.7 Å². The van der Waals surface area contributed by atoms with E-state index in [-0.39, 0.29) is 6.04 Å². The fourth-order valence-electron chi connectivity index (χ4n) is 3.56. The number of guanidine groups is 1. The maximum Gasteiger partial charge on any atom is 0.191 e. The van der Waals surface area contributed by atoms with Crippen molar-refractivity contribution in [3.05, 3.63) is 66.1 Å². The molecule has 8 heteroatoms. The second kappa shape index (κ2) is 11.0. The average molecular weight is 439 g/mol. The maximum absolute atomic E-state index is 5.43. The van der Waals surface area contributed by atoms with Gasteiger partial charge in [0.2, 0.25) is 0 Å². The number of furan rings is 1. The van der Waals surface area contributed by atoms with Crippen LogP contribution >= 0.6 is 11.8 Å². The Morgan fingerprint density at radius 3 is 2.97 bits per heavy atom. The number of aliphatic imine (C=N–C) groups is 1. The Labute approximate surface area is 187 Å². The second-order valence-corrected chi connectivity index (χ2v) is 8.68. The summed E-state index contributed by atoms with van der Waals surface area (Å²) in [7, 11) is 0. The van der Waals surface area contributed by atoms with Crippen LogP contribution in [0.4, 0.5) is 0 Å². The minimum absolute atomic E-state index is 0.288. The molecule has 1 aliphatic rings. The Morgan fingerprint density at radius 1 is 1.26 bits per heavy atom. The van der Waals surface area contributed by atoms with Crippen molar-refractivity contribution in [1.29, 1.82) is 0 Å². The summed E-state index contributed by atoms with van der Waals surface area (Å²) in [4.78, 5) is 10.7. The Bertz CT molecular complexity index is 954. The van der Waals surface area contributed by atoms with Gasteiger partial charge in [0.25, 0.3) is 0 Å². The molecule has 1 atom stereocenters. The molecule has 3 heterocycles. The number of thioether (sulfide) groups is 1. The third-order valence-electron chi connectivity index (χ3n) is 5.17. The van der Waals surface area contributed by atoms with Crippen molar-refractivity contribution in [2.24, 2.45) is 4.99 Å². The number of rotatable bonds is 9. The van der Waals surface area contributed by atoms with Crippen LogP contribution in [0.2, 0.25) is 0 Å². The number of aryl methyl sites for hydroxylation is 2. The van der Waals surface area contributed by atoms with Gasteiger partial charge in [-0.15, -0.1) is 11.8 Å². The van der Waals surface area contributed by atoms with Gasteiger partial charge in [-0.05, 0) is 30.7 Å². The van der Waals surface area contributed by atoms with E-state index in [0.29, 0.717) is 6.54 Å². The molecule has 31 heavy (non-hydrogen) atoms. The maximum atomic E-state index is 5.43. The summed E-state index contributed by atoms with van der Waals surface area (Å²) in [6, 6.07) is 14.7. The minimum atomic E-state index is 0.288. The summed E-state index contributed by atoms with van der Waals surface area (Å²) in [5.41, 5.74) is 0. The fourth-order valence-corrected chi connectivity index (χ4v) is 4.35. The van der Waals surface area contributed by atoms with Crippen molar-refractivity contribution < 1.29 is 4.42 Å². The molecule has 1 unspecified atom stereocenters. The number of hydrogen-bond donors (Lipinski definition) is 2. The first-order valence-corrected chi connectivity index (χ1v) is 12.0. The number of nitrogens with zero attached hydrogens (tertiary/aromatic N) is 4. The van der Waals surface area contributed by atoms with E-state index in [9.17, 15) is 0 Å². The Balaban J connectivity index is 1.32. The summed E-state index contributed by atoms with van der Waals surface area (Å²) in [6.45, 7) is 4.43. The van der Waals surface area contributed by atoms with Crippen LogP contribution in [0.5, 0.6) is 0 Å². The SMILES string of the molecule is CCc1nc2n(n1)CC(NC(=NCCc1ccco1)NCCSc1ccccc1)CC2. The van der Waals surface area contributed by atoms with Gasteiger partial charge in [0.1, 0.15) is 11.6 Å². The first-order chi connectivity index (χ1) is 15.3. The molecular weight excluding hydrogens is 408 g/mol. The van der Waals surface area contributed by atoms with Crippen LogP contribution in [0.15, 0.2) is 63.0 Å². The molecule has 4 rings (SSSR count). The lowest BCUT2D eigenvalue weighted by Gasteiger charge is -2.25. The molecule has 0 bridgehead atoms. The van der Waals surface area contributed by atoms with Crippen molar-refractivity contribution in [1.82, 2.24) is 25.4 Å². The molecule has 3 aromatic rings. The average Bonchev–Trinajstić information content (AvgIpc) is 3.46. The molecule has 0 spiro atoms. The molecule has 1 aromatic carbocycles. The molecule has 0 saturated heterocycles. The van der Waals surface area contributed by atoms with E-state index in [1.165, 1.54) is 4.90 Å². The summed E-state index contributed by atoms with van der Waals surface area (Å²) in [5, 5.41) is 11.7. The van der Waals surface area contributed by atoms with Crippen LogP contribution in [0.3, 0.4) is 0 Å². The zero-order chi connectivity index (χ0) is 21.3. The quantitative estimate of drug-likeness (QED) is 0.231. The number of benzene rings is 1. The highest BCUT2D eigenvalue weighted by molar-refractivity contribution is 7.99. The third-order valence-corrected chi connectivity index (χ3v) is 6.19. The largest absolute Gasteiger partial charge is 0.469 e. The number of fused-ring (bicyclic) bond motifs is 1. The monoisotopic (exact) mass is 438 g/mol. The molecule has 1 aliphatic heterocycles. The molecule has 0 fully saturated rings. The van der Waals surface area contributed by atoms with Gasteiger partial charge in [0.05, 0.1) is 12.8 Å². The highest BCUT2D eigenvalue weighted by Crippen LogP contribution is 2.16. The zero-order valence-electron chi connectivity index (χ0n) is 18.0. The molecule has 0 amide bonds. The fraction of sp³-hybridized carbons (Fsp3) is 0.435. The van der Waals surface area contributed by atoms with Crippen molar-refractivity contribution in [3.8, 4) is 0 Å². The van der Waals surface area contributed by atoms with Crippen LogP contribution in [-0.2, 0) is 25.8 Å².